The van der Waals surface area contributed by atoms with Crippen molar-refractivity contribution < 1.29 is 19.0 Å². The molecule has 2 heterocycles. The van der Waals surface area contributed by atoms with E-state index in [0.717, 1.165) is 22.8 Å². The molecular weight excluding hydrogens is 464 g/mol. The Balaban J connectivity index is 1.46. The minimum absolute atomic E-state index is 0.0118. The fourth-order valence-corrected chi connectivity index (χ4v) is 4.43. The molecule has 0 saturated carbocycles. The smallest absolute Gasteiger partial charge is 0.283 e. The van der Waals surface area contributed by atoms with Crippen molar-refractivity contribution in [2.45, 2.75) is 34.1 Å². The normalized spacial score (nSPS) is 16.2. The van der Waals surface area contributed by atoms with Gasteiger partial charge in [-0.2, -0.15) is 15.1 Å². The van der Waals surface area contributed by atoms with Gasteiger partial charge in [-0.1, -0.05) is 30.7 Å². The van der Waals surface area contributed by atoms with Gasteiger partial charge in [0.15, 0.2) is 17.3 Å². The molecule has 2 aliphatic heterocycles. The molecule has 35 heavy (non-hydrogen) atoms. The van der Waals surface area contributed by atoms with Crippen LogP contribution in [0.25, 0.3) is 6.08 Å². The molecule has 0 aliphatic carbocycles. The monoisotopic (exact) mass is 492 g/mol. The molecule has 2 aromatic rings. The molecule has 0 aromatic heterocycles. The third-order valence-electron chi connectivity index (χ3n) is 5.31. The molecule has 4 rings (SSSR count). The number of amidine groups is 2. The van der Waals surface area contributed by atoms with Crippen LogP contribution in [-0.4, -0.2) is 46.8 Å². The Bertz CT molecular complexity index is 1250. The topological polar surface area (TPSA) is 96.6 Å². The van der Waals surface area contributed by atoms with Crippen molar-refractivity contribution in [1.82, 2.24) is 5.01 Å². The number of hydrogen-bond acceptors (Lipinski definition) is 7. The van der Waals surface area contributed by atoms with Crippen molar-refractivity contribution in [3.05, 3.63) is 58.7 Å². The molecule has 2 aliphatic rings. The largest absolute Gasteiger partial charge is 0.490 e. The van der Waals surface area contributed by atoms with Gasteiger partial charge in [0, 0.05) is 0 Å². The van der Waals surface area contributed by atoms with Gasteiger partial charge in [-0.3, -0.25) is 10.2 Å². The third kappa shape index (κ3) is 5.57. The van der Waals surface area contributed by atoms with Crippen LogP contribution in [0.1, 0.15) is 37.0 Å². The van der Waals surface area contributed by atoms with Crippen LogP contribution < -0.4 is 14.2 Å². The minimum atomic E-state index is -0.455. The van der Waals surface area contributed by atoms with Crippen LogP contribution in [0.3, 0.4) is 0 Å². The van der Waals surface area contributed by atoms with Crippen molar-refractivity contribution in [3.8, 4) is 17.2 Å². The van der Waals surface area contributed by atoms with Gasteiger partial charge in [0.2, 0.25) is 5.17 Å². The number of thioether (sulfide) groups is 1. The number of aryl methyl sites for hydroxylation is 2. The first-order valence-electron chi connectivity index (χ1n) is 11.5. The van der Waals surface area contributed by atoms with E-state index in [0.29, 0.717) is 42.1 Å². The molecule has 1 N–H and O–H groups in total. The van der Waals surface area contributed by atoms with Gasteiger partial charge in [0.25, 0.3) is 5.91 Å². The summed E-state index contributed by atoms with van der Waals surface area (Å²) < 4.78 is 17.5. The van der Waals surface area contributed by atoms with E-state index < -0.39 is 5.91 Å². The van der Waals surface area contributed by atoms with Gasteiger partial charge < -0.3 is 14.2 Å². The highest BCUT2D eigenvalue weighted by Crippen LogP contribution is 2.32. The van der Waals surface area contributed by atoms with Crippen LogP contribution in [0.4, 0.5) is 0 Å². The zero-order valence-electron chi connectivity index (χ0n) is 20.3. The van der Waals surface area contributed by atoms with Crippen LogP contribution in [-0.2, 0) is 4.79 Å². The molecule has 1 amide bonds. The van der Waals surface area contributed by atoms with E-state index in [4.69, 9.17) is 19.6 Å². The molecule has 2 aromatic carbocycles. The van der Waals surface area contributed by atoms with Crippen LogP contribution in [0.5, 0.6) is 17.2 Å². The minimum Gasteiger partial charge on any atom is -0.490 e. The SMILES string of the molecule is CCOc1cc(/C=C2\C(=N)N3N=C(CC)SC3=NC2=O)ccc1OCCOc1ccc(C)cc1C. The van der Waals surface area contributed by atoms with E-state index in [9.17, 15) is 4.79 Å². The summed E-state index contributed by atoms with van der Waals surface area (Å²) in [6.45, 7) is 9.13. The number of benzene rings is 2. The highest BCUT2D eigenvalue weighted by Gasteiger charge is 2.35. The van der Waals surface area contributed by atoms with Crippen molar-refractivity contribution >= 4 is 39.8 Å². The molecule has 8 nitrogen and oxygen atoms in total. The summed E-state index contributed by atoms with van der Waals surface area (Å²) in [6.07, 6.45) is 2.35. The second kappa shape index (κ2) is 10.8. The Morgan fingerprint density at radius 1 is 1.00 bits per heavy atom. The first-order chi connectivity index (χ1) is 16.9. The number of aliphatic imine (C=N–C) groups is 1. The van der Waals surface area contributed by atoms with E-state index in [1.807, 2.05) is 45.9 Å². The number of ether oxygens (including phenoxy) is 3. The standard InChI is InChI=1S/C26H28N4O4S/c1-5-23-29-30-24(27)19(25(31)28-26(30)35-23)14-18-8-10-21(22(15-18)32-6-2)34-12-11-33-20-9-7-16(3)13-17(20)4/h7-10,13-15,27H,5-6,11-12H2,1-4H3/b19-14+,27-24?. The average molecular weight is 493 g/mol. The lowest BCUT2D eigenvalue weighted by atomic mass is 10.1. The Morgan fingerprint density at radius 2 is 1.74 bits per heavy atom. The second-order valence-corrected chi connectivity index (χ2v) is 9.01. The number of carbonyl (C=O) groups is 1. The molecule has 0 atom stereocenters. The molecule has 0 bridgehead atoms. The Hall–Kier alpha value is -3.59. The molecule has 0 fully saturated rings. The number of carbonyl (C=O) groups excluding carboxylic acids is 1. The molecule has 0 spiro atoms. The third-order valence-corrected chi connectivity index (χ3v) is 6.36. The van der Waals surface area contributed by atoms with E-state index >= 15 is 0 Å². The van der Waals surface area contributed by atoms with Crippen molar-refractivity contribution in [2.75, 3.05) is 19.8 Å². The Morgan fingerprint density at radius 3 is 2.46 bits per heavy atom. The van der Waals surface area contributed by atoms with Crippen molar-refractivity contribution in [3.63, 3.8) is 0 Å². The quantitative estimate of drug-likeness (QED) is 0.382. The average Bonchev–Trinajstić information content (AvgIpc) is 3.25. The first-order valence-corrected chi connectivity index (χ1v) is 12.3. The second-order valence-electron chi connectivity index (χ2n) is 7.97. The summed E-state index contributed by atoms with van der Waals surface area (Å²) in [6, 6.07) is 11.5. The molecule has 182 valence electrons. The van der Waals surface area contributed by atoms with Crippen molar-refractivity contribution in [2.24, 2.45) is 10.1 Å². The first kappa shape index (κ1) is 24.5. The highest BCUT2D eigenvalue weighted by molar-refractivity contribution is 8.26. The van der Waals surface area contributed by atoms with Gasteiger partial charge >= 0.3 is 0 Å². The summed E-state index contributed by atoms with van der Waals surface area (Å²) in [7, 11) is 0. The number of hydrogen-bond donors (Lipinski definition) is 1. The number of hydrazone groups is 1. The van der Waals surface area contributed by atoms with Gasteiger partial charge in [-0.05, 0) is 74.4 Å². The summed E-state index contributed by atoms with van der Waals surface area (Å²) in [5.74, 6) is 1.52. The lowest BCUT2D eigenvalue weighted by Gasteiger charge is -2.20. The molecule has 0 radical (unpaired) electrons. The van der Waals surface area contributed by atoms with Crippen LogP contribution in [0.2, 0.25) is 0 Å². The predicted molar refractivity (Wildman–Crippen MR) is 140 cm³/mol. The fourth-order valence-electron chi connectivity index (χ4n) is 3.61. The van der Waals surface area contributed by atoms with Crippen LogP contribution in [0, 0.1) is 19.3 Å². The van der Waals surface area contributed by atoms with E-state index in [2.05, 4.69) is 16.2 Å². The predicted octanol–water partition coefficient (Wildman–Crippen LogP) is 5.19. The number of fused-ring (bicyclic) bond motifs is 1. The van der Waals surface area contributed by atoms with Gasteiger partial charge in [0.05, 0.1) is 12.2 Å². The fraction of sp³-hybridized carbons (Fsp3) is 0.308. The summed E-state index contributed by atoms with van der Waals surface area (Å²) in [5.41, 5.74) is 3.15. The number of nitrogens with one attached hydrogen (secondary N) is 1. The van der Waals surface area contributed by atoms with Gasteiger partial charge in [-0.15, -0.1) is 0 Å². The number of nitrogens with zero attached hydrogens (tertiary/aromatic N) is 3. The van der Waals surface area contributed by atoms with E-state index in [-0.39, 0.29) is 11.4 Å². The molecular formula is C26H28N4O4S. The summed E-state index contributed by atoms with van der Waals surface area (Å²) >= 11 is 1.32. The molecule has 0 saturated heterocycles. The maximum absolute atomic E-state index is 12.6. The highest BCUT2D eigenvalue weighted by atomic mass is 32.2. The Labute approximate surface area is 209 Å². The maximum atomic E-state index is 12.6. The van der Waals surface area contributed by atoms with E-state index in [1.165, 1.54) is 22.3 Å². The zero-order chi connectivity index (χ0) is 24.9. The van der Waals surface area contributed by atoms with Gasteiger partial charge in [0.1, 0.15) is 24.0 Å². The molecule has 9 heteroatoms. The zero-order valence-corrected chi connectivity index (χ0v) is 21.1. The van der Waals surface area contributed by atoms with Crippen LogP contribution in [0.15, 0.2) is 52.1 Å². The lowest BCUT2D eigenvalue weighted by Crippen LogP contribution is -2.35. The van der Waals surface area contributed by atoms with Crippen molar-refractivity contribution in [1.29, 1.82) is 5.41 Å². The molecule has 0 unspecified atom stereocenters. The summed E-state index contributed by atoms with van der Waals surface area (Å²) in [4.78, 5) is 16.7. The number of amides is 1. The van der Waals surface area contributed by atoms with Gasteiger partial charge in [-0.25, -0.2) is 0 Å². The van der Waals surface area contributed by atoms with E-state index in [1.54, 1.807) is 18.2 Å². The maximum Gasteiger partial charge on any atom is 0.283 e. The van der Waals surface area contributed by atoms with Crippen LogP contribution >= 0.6 is 11.8 Å². The summed E-state index contributed by atoms with van der Waals surface area (Å²) in [5, 5.41) is 15.5. The Kier molecular flexibility index (Phi) is 7.55. The lowest BCUT2D eigenvalue weighted by molar-refractivity contribution is -0.114. The number of rotatable bonds is 9.